The number of benzene rings is 2. The van der Waals surface area contributed by atoms with Crippen LogP contribution in [0.25, 0.3) is 32.9 Å². The van der Waals surface area contributed by atoms with Crippen LogP contribution in [0.3, 0.4) is 0 Å². The Morgan fingerprint density at radius 1 is 0.968 bits per heavy atom. The van der Waals surface area contributed by atoms with E-state index in [4.69, 9.17) is 33.9 Å². The number of hydrogen-bond acceptors (Lipinski definition) is 10. The molecule has 340 valence electrons. The number of alkyl carbamates (subject to hydrolysis) is 1. The molecule has 0 spiro atoms. The first-order valence-corrected chi connectivity index (χ1v) is 25.1. The highest BCUT2D eigenvalue weighted by molar-refractivity contribution is 6.90. The van der Waals surface area contributed by atoms with Gasteiger partial charge >= 0.3 is 12.1 Å². The number of anilines is 1. The Bertz CT molecular complexity index is 2340. The zero-order chi connectivity index (χ0) is 45.3. The zero-order valence-corrected chi connectivity index (χ0v) is 39.9. The summed E-state index contributed by atoms with van der Waals surface area (Å²) in [7, 11) is -0.779. The van der Waals surface area contributed by atoms with E-state index in [0.29, 0.717) is 69.6 Å². The van der Waals surface area contributed by atoms with Gasteiger partial charge in [0, 0.05) is 43.4 Å². The number of ether oxygens (including phenoxy) is 4. The third-order valence-corrected chi connectivity index (χ3v) is 19.8. The molecule has 2 aromatic carbocycles. The van der Waals surface area contributed by atoms with E-state index < -0.39 is 31.4 Å². The van der Waals surface area contributed by atoms with E-state index in [9.17, 15) is 4.79 Å². The summed E-state index contributed by atoms with van der Waals surface area (Å²) >= 11 is 0. The number of nitrogens with one attached hydrogen (secondary N) is 1. The Kier molecular flexibility index (Phi) is 13.9. The van der Waals surface area contributed by atoms with Crippen molar-refractivity contribution >= 4 is 41.7 Å². The van der Waals surface area contributed by atoms with Crippen molar-refractivity contribution in [1.82, 2.24) is 25.2 Å². The van der Waals surface area contributed by atoms with Crippen molar-refractivity contribution < 1.29 is 32.5 Å². The molecule has 3 aliphatic rings. The summed E-state index contributed by atoms with van der Waals surface area (Å²) in [5.41, 5.74) is 4.40. The average molecular weight is 885 g/mol. The fraction of sp³-hybridized carbons (Fsp3) is 0.592. The molecular weight excluding hydrogens is 819 g/mol. The van der Waals surface area contributed by atoms with Crippen LogP contribution in [-0.4, -0.2) is 97.9 Å². The van der Waals surface area contributed by atoms with Gasteiger partial charge in [0.05, 0.1) is 16.5 Å². The summed E-state index contributed by atoms with van der Waals surface area (Å²) in [6.45, 7) is 22.2. The highest BCUT2D eigenvalue weighted by Crippen LogP contribution is 2.43. The molecule has 2 aromatic heterocycles. The van der Waals surface area contributed by atoms with E-state index in [1.54, 1.807) is 24.4 Å². The monoisotopic (exact) mass is 884 g/mol. The minimum atomic E-state index is -2.30. The van der Waals surface area contributed by atoms with E-state index in [-0.39, 0.29) is 41.2 Å². The molecule has 63 heavy (non-hydrogen) atoms. The minimum absolute atomic E-state index is 0.0272. The van der Waals surface area contributed by atoms with Crippen LogP contribution in [0.4, 0.5) is 19.4 Å². The Morgan fingerprint density at radius 3 is 2.35 bits per heavy atom. The smallest absolute Gasteiger partial charge is 0.407 e. The van der Waals surface area contributed by atoms with Gasteiger partial charge < -0.3 is 29.2 Å². The predicted molar refractivity (Wildman–Crippen MR) is 248 cm³/mol. The molecule has 3 aliphatic heterocycles. The lowest BCUT2D eigenvalue weighted by Crippen LogP contribution is -2.45. The molecule has 1 atom stereocenters. The zero-order valence-electron chi connectivity index (χ0n) is 38.9. The van der Waals surface area contributed by atoms with Gasteiger partial charge in [-0.05, 0) is 119 Å². The molecule has 0 bridgehead atoms. The molecule has 0 saturated carbocycles. The third-order valence-electron chi connectivity index (χ3n) is 13.5. The second-order valence-electron chi connectivity index (χ2n) is 19.7. The van der Waals surface area contributed by atoms with E-state index in [0.717, 1.165) is 58.0 Å². The van der Waals surface area contributed by atoms with Gasteiger partial charge in [-0.15, -0.1) is 5.54 Å². The third kappa shape index (κ3) is 9.62. The van der Waals surface area contributed by atoms with Gasteiger partial charge in [-0.1, -0.05) is 53.5 Å². The Balaban J connectivity index is 1.40. The number of amides is 1. The van der Waals surface area contributed by atoms with Crippen molar-refractivity contribution in [2.45, 2.75) is 141 Å². The van der Waals surface area contributed by atoms with Gasteiger partial charge in [0.2, 0.25) is 0 Å². The van der Waals surface area contributed by atoms with Crippen molar-refractivity contribution in [1.29, 1.82) is 0 Å². The average Bonchev–Trinajstić information content (AvgIpc) is 3.72. The van der Waals surface area contributed by atoms with Gasteiger partial charge in [0.1, 0.15) is 48.9 Å². The van der Waals surface area contributed by atoms with Gasteiger partial charge in [0.25, 0.3) is 0 Å². The first kappa shape index (κ1) is 46.4. The number of carbonyl (C=O) groups is 1. The summed E-state index contributed by atoms with van der Waals surface area (Å²) in [6.07, 6.45) is 7.76. The Morgan fingerprint density at radius 2 is 1.68 bits per heavy atom. The lowest BCUT2D eigenvalue weighted by Gasteiger charge is -2.38. The molecule has 4 aromatic rings. The summed E-state index contributed by atoms with van der Waals surface area (Å²) < 4.78 is 57.6. The molecule has 0 radical (unpaired) electrons. The lowest BCUT2D eigenvalue weighted by atomic mass is 9.95. The number of aromatic nitrogens is 3. The first-order chi connectivity index (χ1) is 30.0. The summed E-state index contributed by atoms with van der Waals surface area (Å²) in [5.74, 6) is 3.02. The largest absolute Gasteiger partial charge is 0.468 e. The molecule has 3 fully saturated rings. The number of rotatable bonds is 12. The van der Waals surface area contributed by atoms with E-state index in [1.807, 2.05) is 20.8 Å². The summed E-state index contributed by atoms with van der Waals surface area (Å²) in [5, 5.41) is 4.51. The van der Waals surface area contributed by atoms with E-state index in [1.165, 1.54) is 13.2 Å². The van der Waals surface area contributed by atoms with Gasteiger partial charge in [-0.25, -0.2) is 13.6 Å². The van der Waals surface area contributed by atoms with Crippen molar-refractivity contribution in [3.8, 4) is 34.5 Å². The van der Waals surface area contributed by atoms with Crippen LogP contribution in [0.2, 0.25) is 16.6 Å². The molecule has 1 N–H and O–H groups in total. The molecule has 1 amide bonds. The molecule has 3 saturated heterocycles. The second kappa shape index (κ2) is 18.9. The number of hydrogen-bond donors (Lipinski definition) is 1. The SMILES string of the molecule is COCOc1cc(-c2ncc3c(N4CCCC[C@@H](NC(=O)OC(C)(C)C)C4)nc(OCC45CCCN4CCC5)nc3c2F)c2c(C#C[Si](C(C)C)(C(C)C)C(C)C)c(F)ccc2c1. The van der Waals surface area contributed by atoms with Crippen LogP contribution >= 0.6 is 0 Å². The fourth-order valence-electron chi connectivity index (χ4n) is 10.6. The fourth-order valence-corrected chi connectivity index (χ4v) is 15.8. The molecule has 5 heterocycles. The number of methoxy groups -OCH3 is 1. The summed E-state index contributed by atoms with van der Waals surface area (Å²) in [6, 6.07) is 6.36. The predicted octanol–water partition coefficient (Wildman–Crippen LogP) is 10.6. The number of halogens is 2. The Labute approximate surface area is 373 Å². The van der Waals surface area contributed by atoms with Crippen LogP contribution in [0.15, 0.2) is 30.5 Å². The van der Waals surface area contributed by atoms with Gasteiger partial charge in [0.15, 0.2) is 12.6 Å². The molecule has 7 rings (SSSR count). The first-order valence-electron chi connectivity index (χ1n) is 22.9. The van der Waals surface area contributed by atoms with Crippen molar-refractivity contribution in [3.05, 3.63) is 47.7 Å². The highest BCUT2D eigenvalue weighted by Gasteiger charge is 2.45. The molecule has 11 nitrogen and oxygen atoms in total. The quantitative estimate of drug-likeness (QED) is 0.0839. The van der Waals surface area contributed by atoms with Crippen LogP contribution in [-0.2, 0) is 9.47 Å². The van der Waals surface area contributed by atoms with Crippen LogP contribution in [0.5, 0.6) is 11.8 Å². The van der Waals surface area contributed by atoms with Crippen molar-refractivity contribution in [3.63, 3.8) is 0 Å². The standard InChI is InChI=1S/C49H66F2N6O5Si/c1-31(2)63(32(3)4,33(5)6)24-18-37-40(50)17-16-34-25-36(61-30-59-10)26-38(41(34)37)43-42(51)44-39(27-52-43)45(55-46(54-44)60-29-49-19-13-22-57(49)23-14-20-49)56-21-12-11-15-35(28-56)53-47(58)62-48(7,8)9/h16-17,25-27,31-33,35H,11-15,19-23,28-30H2,1-10H3,(H,53,58)/t35-/m1/s1. The molecule has 0 unspecified atom stereocenters. The highest BCUT2D eigenvalue weighted by atomic mass is 28.3. The normalized spacial score (nSPS) is 18.2. The van der Waals surface area contributed by atoms with Gasteiger partial charge in [-0.2, -0.15) is 9.97 Å². The maximum atomic E-state index is 17.9. The topological polar surface area (TPSA) is 111 Å². The van der Waals surface area contributed by atoms with Crippen LogP contribution in [0.1, 0.15) is 113 Å². The van der Waals surface area contributed by atoms with Crippen molar-refractivity contribution in [2.24, 2.45) is 0 Å². The maximum absolute atomic E-state index is 17.9. The summed E-state index contributed by atoms with van der Waals surface area (Å²) in [4.78, 5) is 32.1. The van der Waals surface area contributed by atoms with E-state index >= 15 is 8.78 Å². The lowest BCUT2D eigenvalue weighted by molar-refractivity contribution is 0.0502. The maximum Gasteiger partial charge on any atom is 0.407 e. The van der Waals surface area contributed by atoms with Crippen LogP contribution in [0, 0.1) is 23.1 Å². The number of carbonyl (C=O) groups excluding carboxylic acids is 1. The van der Waals surface area contributed by atoms with E-state index in [2.05, 4.69) is 68.1 Å². The molecule has 0 aliphatic carbocycles. The molecular formula is C49H66F2N6O5Si. The van der Waals surface area contributed by atoms with Crippen molar-refractivity contribution in [2.75, 3.05) is 51.6 Å². The number of fused-ring (bicyclic) bond motifs is 3. The number of pyridine rings is 1. The van der Waals surface area contributed by atoms with Gasteiger partial charge in [-0.3, -0.25) is 9.88 Å². The minimum Gasteiger partial charge on any atom is -0.468 e. The second-order valence-corrected chi connectivity index (χ2v) is 25.3. The number of nitrogens with zero attached hydrogens (tertiary/aromatic N) is 5. The van der Waals surface area contributed by atoms with Crippen LogP contribution < -0.4 is 19.7 Å². The molecule has 14 heteroatoms. The Hall–Kier alpha value is -4.58.